The summed E-state index contributed by atoms with van der Waals surface area (Å²) in [5.41, 5.74) is 9.52. The van der Waals surface area contributed by atoms with Gasteiger partial charge in [-0.3, -0.25) is 0 Å². The Morgan fingerprint density at radius 1 is 1.13 bits per heavy atom. The second-order valence-electron chi connectivity index (χ2n) is 8.38. The number of phenolic OH excluding ortho intramolecular Hbond substituents is 1. The Kier molecular flexibility index (Phi) is 7.65. The number of nitrogens with two attached hydrogens (primary N) is 1. The normalized spacial score (nSPS) is 22.5. The Morgan fingerprint density at radius 2 is 1.81 bits per heavy atom. The number of halogens is 1. The number of piperidine rings is 1. The van der Waals surface area contributed by atoms with E-state index < -0.39 is 10.0 Å². The minimum Gasteiger partial charge on any atom is -0.507 e. The van der Waals surface area contributed by atoms with Gasteiger partial charge in [-0.05, 0) is 42.4 Å². The molecule has 0 aromatic heterocycles. The first kappa shape index (κ1) is 24.0. The summed E-state index contributed by atoms with van der Waals surface area (Å²) in [5, 5.41) is 10.6. The van der Waals surface area contributed by atoms with Crippen molar-refractivity contribution in [3.63, 3.8) is 0 Å². The number of benzene rings is 2. The third kappa shape index (κ3) is 5.07. The summed E-state index contributed by atoms with van der Waals surface area (Å²) in [6.07, 6.45) is 1.85. The smallest absolute Gasteiger partial charge is 0.218 e. The van der Waals surface area contributed by atoms with Gasteiger partial charge >= 0.3 is 0 Å². The maximum Gasteiger partial charge on any atom is 0.218 e. The third-order valence-electron chi connectivity index (χ3n) is 6.44. The second-order valence-corrected chi connectivity index (χ2v) is 10.3. The molecule has 0 aliphatic carbocycles. The van der Waals surface area contributed by atoms with Crippen LogP contribution in [0.4, 0.5) is 0 Å². The van der Waals surface area contributed by atoms with Gasteiger partial charge in [0.05, 0.1) is 18.0 Å². The lowest BCUT2D eigenvalue weighted by atomic mass is 9.83. The molecule has 6 nitrogen and oxygen atoms in total. The number of rotatable bonds is 5. The molecule has 170 valence electrons. The van der Waals surface area contributed by atoms with Crippen molar-refractivity contribution in [1.82, 2.24) is 4.31 Å². The zero-order chi connectivity index (χ0) is 21.3. The van der Waals surface area contributed by atoms with Crippen LogP contribution in [0.15, 0.2) is 42.5 Å². The summed E-state index contributed by atoms with van der Waals surface area (Å²) in [7, 11) is -3.33. The van der Waals surface area contributed by atoms with Gasteiger partial charge in [0.1, 0.15) is 5.75 Å². The van der Waals surface area contributed by atoms with E-state index >= 15 is 0 Å². The summed E-state index contributed by atoms with van der Waals surface area (Å²) in [6.45, 7) is 3.25. The molecule has 2 heterocycles. The van der Waals surface area contributed by atoms with Gasteiger partial charge in [0.2, 0.25) is 10.0 Å². The van der Waals surface area contributed by atoms with Gasteiger partial charge in [0, 0.05) is 31.6 Å². The number of aryl methyl sites for hydroxylation is 1. The van der Waals surface area contributed by atoms with Gasteiger partial charge in [0.25, 0.3) is 0 Å². The molecule has 1 saturated heterocycles. The highest BCUT2D eigenvalue weighted by molar-refractivity contribution is 7.88. The highest BCUT2D eigenvalue weighted by atomic mass is 35.5. The molecule has 31 heavy (non-hydrogen) atoms. The molecule has 0 amide bonds. The Morgan fingerprint density at radius 3 is 2.45 bits per heavy atom. The van der Waals surface area contributed by atoms with E-state index in [0.29, 0.717) is 31.8 Å². The monoisotopic (exact) mass is 466 g/mol. The molecule has 8 heteroatoms. The van der Waals surface area contributed by atoms with E-state index in [1.165, 1.54) is 0 Å². The third-order valence-corrected chi connectivity index (χ3v) is 8.29. The van der Waals surface area contributed by atoms with E-state index in [-0.39, 0.29) is 36.3 Å². The van der Waals surface area contributed by atoms with Crippen LogP contribution in [-0.2, 0) is 26.9 Å². The van der Waals surface area contributed by atoms with E-state index in [2.05, 4.69) is 0 Å². The standard InChI is InChI=1S/C23H30N2O4S.ClH/c1-16-7-8-19-20(23(16)26)13-21(29-22(19)14-24)18-9-11-25(12-10-18)30(27,28)15-17-5-3-2-4-6-17;/h2-8,18,21-22,26H,9-15,24H2,1H3;1H/t21-,22-;/m0./s1. The molecule has 2 aromatic carbocycles. The molecule has 0 unspecified atom stereocenters. The van der Waals surface area contributed by atoms with Crippen molar-refractivity contribution in [2.75, 3.05) is 19.6 Å². The lowest BCUT2D eigenvalue weighted by molar-refractivity contribution is -0.0612. The van der Waals surface area contributed by atoms with Crippen molar-refractivity contribution in [3.8, 4) is 5.75 Å². The molecule has 1 fully saturated rings. The van der Waals surface area contributed by atoms with Gasteiger partial charge in [-0.25, -0.2) is 12.7 Å². The van der Waals surface area contributed by atoms with Crippen LogP contribution < -0.4 is 5.73 Å². The minimum absolute atomic E-state index is 0. The second kappa shape index (κ2) is 9.88. The van der Waals surface area contributed by atoms with Crippen molar-refractivity contribution < 1.29 is 18.3 Å². The van der Waals surface area contributed by atoms with Crippen molar-refractivity contribution in [1.29, 1.82) is 0 Å². The first-order valence-corrected chi connectivity index (χ1v) is 12.2. The van der Waals surface area contributed by atoms with Crippen LogP contribution in [0.2, 0.25) is 0 Å². The van der Waals surface area contributed by atoms with Crippen molar-refractivity contribution in [2.24, 2.45) is 11.7 Å². The fraction of sp³-hybridized carbons (Fsp3) is 0.478. The topological polar surface area (TPSA) is 92.9 Å². The van der Waals surface area contributed by atoms with Gasteiger partial charge in [0.15, 0.2) is 0 Å². The first-order chi connectivity index (χ1) is 14.4. The predicted octanol–water partition coefficient (Wildman–Crippen LogP) is 3.31. The van der Waals surface area contributed by atoms with E-state index in [9.17, 15) is 13.5 Å². The number of aromatic hydroxyl groups is 1. The number of ether oxygens (including phenoxy) is 1. The van der Waals surface area contributed by atoms with Crippen LogP contribution in [0.3, 0.4) is 0 Å². The molecule has 2 atom stereocenters. The van der Waals surface area contributed by atoms with Gasteiger partial charge in [-0.15, -0.1) is 12.4 Å². The number of hydrogen-bond acceptors (Lipinski definition) is 5. The molecule has 3 N–H and O–H groups in total. The average molecular weight is 467 g/mol. The zero-order valence-electron chi connectivity index (χ0n) is 17.7. The van der Waals surface area contributed by atoms with E-state index in [4.69, 9.17) is 10.5 Å². The zero-order valence-corrected chi connectivity index (χ0v) is 19.4. The quantitative estimate of drug-likeness (QED) is 0.705. The lowest BCUT2D eigenvalue weighted by Crippen LogP contribution is -2.44. The fourth-order valence-electron chi connectivity index (χ4n) is 4.68. The molecular weight excluding hydrogens is 436 g/mol. The molecule has 0 saturated carbocycles. The maximum absolute atomic E-state index is 12.8. The summed E-state index contributed by atoms with van der Waals surface area (Å²) in [4.78, 5) is 0. The molecular formula is C23H31ClN2O4S. The largest absolute Gasteiger partial charge is 0.507 e. The summed E-state index contributed by atoms with van der Waals surface area (Å²) in [5.74, 6) is 0.617. The molecule has 2 aliphatic rings. The van der Waals surface area contributed by atoms with Crippen LogP contribution in [-0.4, -0.2) is 43.6 Å². The van der Waals surface area contributed by atoms with Crippen LogP contribution in [0.1, 0.15) is 41.2 Å². The van der Waals surface area contributed by atoms with E-state index in [1.807, 2.05) is 49.4 Å². The summed E-state index contributed by atoms with van der Waals surface area (Å²) >= 11 is 0. The van der Waals surface area contributed by atoms with Crippen molar-refractivity contribution in [2.45, 2.75) is 44.1 Å². The van der Waals surface area contributed by atoms with Crippen molar-refractivity contribution >= 4 is 22.4 Å². The van der Waals surface area contributed by atoms with E-state index in [1.54, 1.807) is 4.31 Å². The van der Waals surface area contributed by atoms with Gasteiger partial charge in [-0.2, -0.15) is 0 Å². The molecule has 0 radical (unpaired) electrons. The number of fused-ring (bicyclic) bond motifs is 1. The number of hydrogen-bond donors (Lipinski definition) is 2. The number of phenols is 1. The fourth-order valence-corrected chi connectivity index (χ4v) is 6.24. The maximum atomic E-state index is 12.8. The van der Waals surface area contributed by atoms with Crippen LogP contribution >= 0.6 is 12.4 Å². The minimum atomic E-state index is -3.33. The Bertz CT molecular complexity index is 992. The Hall–Kier alpha value is -1.64. The number of nitrogens with zero attached hydrogens (tertiary/aromatic N) is 1. The molecule has 0 spiro atoms. The molecule has 4 rings (SSSR count). The number of sulfonamides is 1. The van der Waals surface area contributed by atoms with Gasteiger partial charge in [-0.1, -0.05) is 42.5 Å². The van der Waals surface area contributed by atoms with Crippen LogP contribution in [0.25, 0.3) is 0 Å². The highest BCUT2D eigenvalue weighted by Crippen LogP contribution is 2.40. The average Bonchev–Trinajstić information content (AvgIpc) is 2.76. The van der Waals surface area contributed by atoms with Crippen molar-refractivity contribution in [3.05, 3.63) is 64.7 Å². The first-order valence-electron chi connectivity index (χ1n) is 10.6. The Labute approximate surface area is 190 Å². The summed E-state index contributed by atoms with van der Waals surface area (Å²) < 4.78 is 33.6. The van der Waals surface area contributed by atoms with Crippen LogP contribution in [0.5, 0.6) is 5.75 Å². The van der Waals surface area contributed by atoms with E-state index in [0.717, 1.165) is 35.1 Å². The molecule has 0 bridgehead atoms. The SMILES string of the molecule is Cc1ccc2c(c1O)C[C@@H](C1CCN(S(=O)(=O)Cc3ccccc3)CC1)O[C@H]2CN.Cl. The summed E-state index contributed by atoms with van der Waals surface area (Å²) in [6, 6.07) is 13.2. The molecule has 2 aliphatic heterocycles. The lowest BCUT2D eigenvalue weighted by Gasteiger charge is -2.40. The highest BCUT2D eigenvalue weighted by Gasteiger charge is 2.37. The van der Waals surface area contributed by atoms with Crippen LogP contribution in [0, 0.1) is 12.8 Å². The van der Waals surface area contributed by atoms with Gasteiger partial charge < -0.3 is 15.6 Å². The predicted molar refractivity (Wildman–Crippen MR) is 124 cm³/mol. The molecule has 2 aromatic rings. The Balaban J connectivity index is 0.00000272.